The van der Waals surface area contributed by atoms with Gasteiger partial charge in [0, 0.05) is 19.5 Å². The Kier molecular flexibility index (Phi) is 12.0. The Morgan fingerprint density at radius 1 is 0.886 bits per heavy atom. The second-order valence-electron chi connectivity index (χ2n) is 10.5. The second-order valence-corrected chi connectivity index (χ2v) is 13.7. The van der Waals surface area contributed by atoms with Crippen LogP contribution < -0.4 is 9.62 Å². The molecule has 0 radical (unpaired) electrons. The third kappa shape index (κ3) is 9.76. The first-order valence-corrected chi connectivity index (χ1v) is 16.3. The molecule has 3 aromatic rings. The van der Waals surface area contributed by atoms with Crippen molar-refractivity contribution in [1.82, 2.24) is 10.2 Å². The summed E-state index contributed by atoms with van der Waals surface area (Å²) in [6, 6.07) is 14.9. The molecule has 0 heterocycles. The highest BCUT2D eigenvalue weighted by Crippen LogP contribution is 2.37. The zero-order valence-corrected chi connectivity index (χ0v) is 27.1. The first kappa shape index (κ1) is 35.5. The van der Waals surface area contributed by atoms with Crippen molar-refractivity contribution in [3.05, 3.63) is 98.5 Å². The molecule has 238 valence electrons. The summed E-state index contributed by atoms with van der Waals surface area (Å²) in [6.45, 7) is 3.02. The molecule has 0 aliphatic rings. The highest BCUT2D eigenvalue weighted by atomic mass is 35.5. The lowest BCUT2D eigenvalue weighted by Gasteiger charge is -2.34. The van der Waals surface area contributed by atoms with E-state index in [1.54, 1.807) is 36.4 Å². The summed E-state index contributed by atoms with van der Waals surface area (Å²) in [5.41, 5.74) is -0.479. The van der Waals surface area contributed by atoms with Crippen LogP contribution in [-0.2, 0) is 38.8 Å². The van der Waals surface area contributed by atoms with Crippen LogP contribution in [0.25, 0.3) is 0 Å². The van der Waals surface area contributed by atoms with E-state index in [0.29, 0.717) is 22.5 Å². The number of amides is 2. The number of anilines is 1. The van der Waals surface area contributed by atoms with Crippen LogP contribution in [0.4, 0.5) is 18.9 Å². The Hall–Kier alpha value is -2.99. The van der Waals surface area contributed by atoms with Gasteiger partial charge in [-0.3, -0.25) is 13.9 Å². The molecule has 0 saturated carbocycles. The van der Waals surface area contributed by atoms with E-state index in [0.717, 1.165) is 24.0 Å². The first-order valence-electron chi connectivity index (χ1n) is 13.4. The molecule has 1 atom stereocenters. The largest absolute Gasteiger partial charge is 0.417 e. The SMILES string of the molecule is CC(C)CNC(=O)[C@@H](Cc1ccccc1)N(Cc1ccc(Cl)c(Cl)c1)C(=O)CN(c1ccc(Cl)c(C(F)(F)F)c1)S(C)(=O)=O. The van der Waals surface area contributed by atoms with Gasteiger partial charge in [0.15, 0.2) is 0 Å². The Balaban J connectivity index is 2.11. The molecule has 7 nitrogen and oxygen atoms in total. The molecule has 0 bridgehead atoms. The van der Waals surface area contributed by atoms with E-state index in [-0.39, 0.29) is 28.9 Å². The number of hydrogen-bond donors (Lipinski definition) is 1. The minimum absolute atomic E-state index is 0.0653. The molecule has 0 aromatic heterocycles. The Morgan fingerprint density at radius 2 is 1.52 bits per heavy atom. The smallest absolute Gasteiger partial charge is 0.354 e. The molecule has 0 unspecified atom stereocenters. The van der Waals surface area contributed by atoms with Crippen LogP contribution in [0.15, 0.2) is 66.7 Å². The van der Waals surface area contributed by atoms with E-state index in [9.17, 15) is 31.2 Å². The molecule has 0 aliphatic carbocycles. The molecule has 3 rings (SSSR count). The highest BCUT2D eigenvalue weighted by Gasteiger charge is 2.36. The van der Waals surface area contributed by atoms with Crippen molar-refractivity contribution < 1.29 is 31.2 Å². The normalized spacial score (nSPS) is 12.6. The number of benzene rings is 3. The predicted octanol–water partition coefficient (Wildman–Crippen LogP) is 6.84. The lowest BCUT2D eigenvalue weighted by Crippen LogP contribution is -2.53. The number of rotatable bonds is 12. The van der Waals surface area contributed by atoms with Crippen LogP contribution in [0.3, 0.4) is 0 Å². The topological polar surface area (TPSA) is 86.8 Å². The Bertz CT molecular complexity index is 1590. The number of nitrogens with one attached hydrogen (secondary N) is 1. The summed E-state index contributed by atoms with van der Waals surface area (Å²) in [5, 5.41) is 2.66. The molecular formula is C30H31Cl3F3N3O4S. The Labute approximate surface area is 269 Å². The van der Waals surface area contributed by atoms with Gasteiger partial charge < -0.3 is 10.2 Å². The first-order chi connectivity index (χ1) is 20.5. The van der Waals surface area contributed by atoms with Crippen molar-refractivity contribution in [3.8, 4) is 0 Å². The van der Waals surface area contributed by atoms with Gasteiger partial charge in [0.05, 0.1) is 32.6 Å². The lowest BCUT2D eigenvalue weighted by molar-refractivity contribution is -0.140. The predicted molar refractivity (Wildman–Crippen MR) is 167 cm³/mol. The van der Waals surface area contributed by atoms with E-state index >= 15 is 0 Å². The summed E-state index contributed by atoms with van der Waals surface area (Å²) in [4.78, 5) is 28.9. The van der Waals surface area contributed by atoms with E-state index in [4.69, 9.17) is 34.8 Å². The molecule has 1 N–H and O–H groups in total. The number of sulfonamides is 1. The third-order valence-electron chi connectivity index (χ3n) is 6.52. The third-order valence-corrected chi connectivity index (χ3v) is 8.72. The van der Waals surface area contributed by atoms with Crippen molar-refractivity contribution in [2.75, 3.05) is 23.7 Å². The fourth-order valence-corrected chi connectivity index (χ4v) is 5.70. The number of alkyl halides is 3. The maximum atomic E-state index is 14.1. The number of carbonyl (C=O) groups is 2. The van der Waals surface area contributed by atoms with Gasteiger partial charge >= 0.3 is 6.18 Å². The molecule has 44 heavy (non-hydrogen) atoms. The minimum Gasteiger partial charge on any atom is -0.354 e. The van der Waals surface area contributed by atoms with Gasteiger partial charge in [-0.1, -0.05) is 85.0 Å². The van der Waals surface area contributed by atoms with Crippen LogP contribution >= 0.6 is 34.8 Å². The van der Waals surface area contributed by atoms with Crippen LogP contribution in [-0.4, -0.2) is 50.5 Å². The summed E-state index contributed by atoms with van der Waals surface area (Å²) < 4.78 is 67.2. The van der Waals surface area contributed by atoms with Gasteiger partial charge in [-0.15, -0.1) is 0 Å². The van der Waals surface area contributed by atoms with Gasteiger partial charge in [0.2, 0.25) is 21.8 Å². The number of hydrogen-bond acceptors (Lipinski definition) is 4. The molecule has 0 spiro atoms. The quantitative estimate of drug-likeness (QED) is 0.225. The van der Waals surface area contributed by atoms with Crippen LogP contribution in [0, 0.1) is 5.92 Å². The number of nitrogens with zero attached hydrogens (tertiary/aromatic N) is 2. The van der Waals surface area contributed by atoms with E-state index in [1.165, 1.54) is 17.0 Å². The molecular weight excluding hydrogens is 662 g/mol. The number of carbonyl (C=O) groups excluding carboxylic acids is 2. The standard InChI is InChI=1S/C30H31Cl3F3N3O4S/c1-19(2)16-37-29(41)27(14-20-7-5-4-6-8-20)38(17-21-9-11-25(32)26(33)13-21)28(40)18-39(44(3,42)43)22-10-12-24(31)23(15-22)30(34,35)36/h4-13,15,19,27H,14,16-18H2,1-3H3,(H,37,41)/t27-/m1/s1. The molecule has 2 amide bonds. The van der Waals surface area contributed by atoms with Crippen LogP contribution in [0.5, 0.6) is 0 Å². The number of halogens is 6. The zero-order valence-electron chi connectivity index (χ0n) is 24.0. The molecule has 0 aliphatic heterocycles. The average Bonchev–Trinajstić information content (AvgIpc) is 2.93. The molecule has 14 heteroatoms. The minimum atomic E-state index is -4.88. The average molecular weight is 693 g/mol. The van der Waals surface area contributed by atoms with Crippen LogP contribution in [0.2, 0.25) is 15.1 Å². The maximum Gasteiger partial charge on any atom is 0.417 e. The van der Waals surface area contributed by atoms with Gasteiger partial charge in [0.1, 0.15) is 12.6 Å². The van der Waals surface area contributed by atoms with Crippen molar-refractivity contribution in [2.45, 2.75) is 39.0 Å². The van der Waals surface area contributed by atoms with Gasteiger partial charge in [-0.2, -0.15) is 13.2 Å². The lowest BCUT2D eigenvalue weighted by atomic mass is 10.0. The molecule has 3 aromatic carbocycles. The summed E-state index contributed by atoms with van der Waals surface area (Å²) >= 11 is 18.0. The van der Waals surface area contributed by atoms with Crippen LogP contribution in [0.1, 0.15) is 30.5 Å². The Morgan fingerprint density at radius 3 is 2.09 bits per heavy atom. The van der Waals surface area contributed by atoms with E-state index < -0.39 is 56.9 Å². The van der Waals surface area contributed by atoms with Crippen molar-refractivity contribution in [2.24, 2.45) is 5.92 Å². The summed E-state index contributed by atoms with van der Waals surface area (Å²) in [5.74, 6) is -1.25. The van der Waals surface area contributed by atoms with Gasteiger partial charge in [-0.05, 0) is 47.4 Å². The summed E-state index contributed by atoms with van der Waals surface area (Å²) in [6.07, 6.45) is -4.05. The highest BCUT2D eigenvalue weighted by molar-refractivity contribution is 7.92. The molecule has 0 saturated heterocycles. The van der Waals surface area contributed by atoms with Gasteiger partial charge in [-0.25, -0.2) is 8.42 Å². The van der Waals surface area contributed by atoms with Crippen molar-refractivity contribution in [3.63, 3.8) is 0 Å². The fourth-order valence-electron chi connectivity index (χ4n) is 4.31. The van der Waals surface area contributed by atoms with E-state index in [2.05, 4.69) is 5.32 Å². The monoisotopic (exact) mass is 691 g/mol. The van der Waals surface area contributed by atoms with Crippen molar-refractivity contribution >= 4 is 62.3 Å². The van der Waals surface area contributed by atoms with E-state index in [1.807, 2.05) is 13.8 Å². The van der Waals surface area contributed by atoms with Crippen molar-refractivity contribution in [1.29, 1.82) is 0 Å². The summed E-state index contributed by atoms with van der Waals surface area (Å²) in [7, 11) is -4.30. The fraction of sp³-hybridized carbons (Fsp3) is 0.333. The zero-order chi connectivity index (χ0) is 32.8. The molecule has 0 fully saturated rings. The van der Waals surface area contributed by atoms with Gasteiger partial charge in [0.25, 0.3) is 0 Å². The maximum absolute atomic E-state index is 14.1. The second kappa shape index (κ2) is 14.9.